The number of nitrogens with zero attached hydrogens (tertiary/aromatic N) is 4. The molecule has 0 aliphatic carbocycles. The highest BCUT2D eigenvalue weighted by molar-refractivity contribution is 5.59. The molecule has 0 bridgehead atoms. The number of aliphatic hydroxyl groups is 1. The predicted molar refractivity (Wildman–Crippen MR) is 96.8 cm³/mol. The fourth-order valence-corrected chi connectivity index (χ4v) is 3.49. The largest absolute Gasteiger partial charge is 0.390 e. The minimum absolute atomic E-state index is 0.0221. The van der Waals surface area contributed by atoms with Crippen molar-refractivity contribution < 1.29 is 14.8 Å². The summed E-state index contributed by atoms with van der Waals surface area (Å²) in [6.07, 6.45) is 3.15. The molecule has 140 valence electrons. The van der Waals surface area contributed by atoms with E-state index in [0.717, 1.165) is 13.1 Å². The molecule has 0 saturated carbocycles. The Morgan fingerprint density at radius 3 is 2.77 bits per heavy atom. The van der Waals surface area contributed by atoms with Crippen LogP contribution in [0, 0.1) is 10.1 Å². The van der Waals surface area contributed by atoms with Crippen LogP contribution in [0.1, 0.15) is 13.8 Å². The first-order valence-electron chi connectivity index (χ1n) is 8.74. The summed E-state index contributed by atoms with van der Waals surface area (Å²) < 4.78 is 7.55. The van der Waals surface area contributed by atoms with E-state index in [2.05, 4.69) is 9.88 Å². The molecule has 1 aromatic heterocycles. The first-order chi connectivity index (χ1) is 12.4. The minimum atomic E-state index is -0.570. The molecule has 0 amide bonds. The molecule has 1 aliphatic heterocycles. The molecule has 2 heterocycles. The molecule has 0 unspecified atom stereocenters. The third-order valence-corrected chi connectivity index (χ3v) is 4.40. The summed E-state index contributed by atoms with van der Waals surface area (Å²) in [5.74, 6) is 0.608. The number of nitro benzene ring substituents is 1. The number of morpholine rings is 1. The number of benzene rings is 1. The molecule has 1 aliphatic rings. The average molecular weight is 360 g/mol. The predicted octanol–water partition coefficient (Wildman–Crippen LogP) is 1.93. The Morgan fingerprint density at radius 2 is 2.08 bits per heavy atom. The van der Waals surface area contributed by atoms with Crippen molar-refractivity contribution in [3.05, 3.63) is 46.8 Å². The highest BCUT2D eigenvalue weighted by Gasteiger charge is 2.24. The fraction of sp³-hybridized carbons (Fsp3) is 0.500. The molecule has 0 spiro atoms. The number of imidazole rings is 1. The van der Waals surface area contributed by atoms with E-state index in [9.17, 15) is 15.2 Å². The summed E-state index contributed by atoms with van der Waals surface area (Å²) in [5, 5.41) is 21.5. The lowest BCUT2D eigenvalue weighted by molar-refractivity contribution is -0.384. The van der Waals surface area contributed by atoms with Gasteiger partial charge in [0, 0.05) is 49.7 Å². The van der Waals surface area contributed by atoms with Crippen LogP contribution in [0.25, 0.3) is 11.4 Å². The molecular weight excluding hydrogens is 336 g/mol. The summed E-state index contributed by atoms with van der Waals surface area (Å²) in [7, 11) is 0. The van der Waals surface area contributed by atoms with Crippen molar-refractivity contribution in [3.63, 3.8) is 0 Å². The van der Waals surface area contributed by atoms with E-state index >= 15 is 0 Å². The zero-order valence-corrected chi connectivity index (χ0v) is 15.0. The first kappa shape index (κ1) is 18.5. The van der Waals surface area contributed by atoms with Crippen LogP contribution < -0.4 is 0 Å². The van der Waals surface area contributed by atoms with Gasteiger partial charge in [-0.1, -0.05) is 12.1 Å². The third-order valence-electron chi connectivity index (χ3n) is 4.40. The molecule has 1 N–H and O–H groups in total. The first-order valence-corrected chi connectivity index (χ1v) is 8.74. The molecule has 8 nitrogen and oxygen atoms in total. The van der Waals surface area contributed by atoms with Gasteiger partial charge in [-0.25, -0.2) is 4.98 Å². The lowest BCUT2D eigenvalue weighted by atomic mass is 10.2. The number of rotatable bonds is 6. The Labute approximate surface area is 152 Å². The van der Waals surface area contributed by atoms with Gasteiger partial charge in [-0.05, 0) is 13.8 Å². The van der Waals surface area contributed by atoms with Crippen LogP contribution >= 0.6 is 0 Å². The number of aromatic nitrogens is 2. The van der Waals surface area contributed by atoms with Crippen molar-refractivity contribution in [1.29, 1.82) is 0 Å². The second kappa shape index (κ2) is 7.94. The van der Waals surface area contributed by atoms with Crippen LogP contribution in [0.4, 0.5) is 5.69 Å². The number of non-ortho nitro benzene ring substituents is 1. The van der Waals surface area contributed by atoms with E-state index in [1.54, 1.807) is 24.5 Å². The number of β-amino-alcohol motifs (C(OH)–C–C–N with tert-alkyl or cyclic N) is 1. The molecule has 0 radical (unpaired) electrons. The summed E-state index contributed by atoms with van der Waals surface area (Å²) in [6.45, 7) is 6.57. The van der Waals surface area contributed by atoms with E-state index in [1.807, 2.05) is 18.4 Å². The molecule has 3 rings (SSSR count). The SMILES string of the molecule is C[C@@H]1CN(C[C@H](O)Cn2ccnc2-c2cccc([N+](=O)[O-])c2)C[C@@H](C)O1. The van der Waals surface area contributed by atoms with E-state index < -0.39 is 11.0 Å². The highest BCUT2D eigenvalue weighted by Crippen LogP contribution is 2.23. The second-order valence-electron chi connectivity index (χ2n) is 6.84. The maximum absolute atomic E-state index is 11.0. The van der Waals surface area contributed by atoms with Crippen molar-refractivity contribution in [2.75, 3.05) is 19.6 Å². The van der Waals surface area contributed by atoms with Crippen LogP contribution in [0.3, 0.4) is 0 Å². The Hall–Kier alpha value is -2.29. The van der Waals surface area contributed by atoms with Gasteiger partial charge in [0.2, 0.25) is 0 Å². The van der Waals surface area contributed by atoms with Crippen LogP contribution in [0.15, 0.2) is 36.7 Å². The van der Waals surface area contributed by atoms with E-state index in [4.69, 9.17) is 4.74 Å². The number of aliphatic hydroxyl groups excluding tert-OH is 1. The molecule has 2 aromatic rings. The molecular formula is C18H24N4O4. The summed E-state index contributed by atoms with van der Waals surface area (Å²) in [6, 6.07) is 6.37. The summed E-state index contributed by atoms with van der Waals surface area (Å²) in [5.41, 5.74) is 0.680. The highest BCUT2D eigenvalue weighted by atomic mass is 16.6. The minimum Gasteiger partial charge on any atom is -0.390 e. The monoisotopic (exact) mass is 360 g/mol. The quantitative estimate of drug-likeness (QED) is 0.625. The Bertz CT molecular complexity index is 753. The van der Waals surface area contributed by atoms with Gasteiger partial charge in [0.1, 0.15) is 5.82 Å². The van der Waals surface area contributed by atoms with Gasteiger partial charge in [0.15, 0.2) is 0 Å². The maximum atomic E-state index is 11.0. The number of nitro groups is 1. The van der Waals surface area contributed by atoms with Gasteiger partial charge < -0.3 is 14.4 Å². The van der Waals surface area contributed by atoms with Crippen LogP contribution in [-0.2, 0) is 11.3 Å². The van der Waals surface area contributed by atoms with Gasteiger partial charge in [-0.15, -0.1) is 0 Å². The van der Waals surface area contributed by atoms with Crippen molar-refractivity contribution in [2.45, 2.75) is 38.7 Å². The molecule has 1 fully saturated rings. The number of hydrogen-bond acceptors (Lipinski definition) is 6. The van der Waals surface area contributed by atoms with Crippen molar-refractivity contribution in [1.82, 2.24) is 14.5 Å². The topological polar surface area (TPSA) is 93.7 Å². The van der Waals surface area contributed by atoms with Crippen LogP contribution in [0.2, 0.25) is 0 Å². The van der Waals surface area contributed by atoms with Gasteiger partial charge in [0.25, 0.3) is 5.69 Å². The molecule has 26 heavy (non-hydrogen) atoms. The average Bonchev–Trinajstić information content (AvgIpc) is 3.01. The number of hydrogen-bond donors (Lipinski definition) is 1. The zero-order chi connectivity index (χ0) is 18.7. The molecule has 3 atom stereocenters. The second-order valence-corrected chi connectivity index (χ2v) is 6.84. The number of ether oxygens (including phenoxy) is 1. The van der Waals surface area contributed by atoms with Crippen molar-refractivity contribution in [2.24, 2.45) is 0 Å². The van der Waals surface area contributed by atoms with Gasteiger partial charge in [0.05, 0.1) is 29.8 Å². The van der Waals surface area contributed by atoms with Gasteiger partial charge >= 0.3 is 0 Å². The Kier molecular flexibility index (Phi) is 5.65. The van der Waals surface area contributed by atoms with Crippen LogP contribution in [0.5, 0.6) is 0 Å². The van der Waals surface area contributed by atoms with E-state index in [0.29, 0.717) is 24.5 Å². The summed E-state index contributed by atoms with van der Waals surface area (Å²) in [4.78, 5) is 17.1. The Balaban J connectivity index is 1.69. The third kappa shape index (κ3) is 4.46. The smallest absolute Gasteiger partial charge is 0.270 e. The Morgan fingerprint density at radius 1 is 1.35 bits per heavy atom. The van der Waals surface area contributed by atoms with E-state index in [-0.39, 0.29) is 17.9 Å². The molecule has 1 saturated heterocycles. The van der Waals surface area contributed by atoms with Gasteiger partial charge in [-0.3, -0.25) is 15.0 Å². The van der Waals surface area contributed by atoms with E-state index in [1.165, 1.54) is 12.1 Å². The fourth-order valence-electron chi connectivity index (χ4n) is 3.49. The maximum Gasteiger partial charge on any atom is 0.270 e. The molecule has 8 heteroatoms. The summed E-state index contributed by atoms with van der Waals surface area (Å²) >= 11 is 0. The van der Waals surface area contributed by atoms with Crippen molar-refractivity contribution >= 4 is 5.69 Å². The van der Waals surface area contributed by atoms with Gasteiger partial charge in [-0.2, -0.15) is 0 Å². The normalized spacial score (nSPS) is 22.3. The lowest BCUT2D eigenvalue weighted by Crippen LogP contribution is -2.48. The van der Waals surface area contributed by atoms with Crippen molar-refractivity contribution in [3.8, 4) is 11.4 Å². The molecule has 1 aromatic carbocycles. The zero-order valence-electron chi connectivity index (χ0n) is 15.0. The lowest BCUT2D eigenvalue weighted by Gasteiger charge is -2.36. The standard InChI is InChI=1S/C18H24N4O4/c1-13-9-20(10-14(2)26-13)11-17(23)12-21-7-6-19-18(21)15-4-3-5-16(8-15)22(24)25/h3-8,13-14,17,23H,9-12H2,1-2H3/t13-,14-,17+/m1/s1. The van der Waals surface area contributed by atoms with Crippen LogP contribution in [-0.4, -0.2) is 62.4 Å².